The second-order valence-electron chi connectivity index (χ2n) is 7.90. The quantitative estimate of drug-likeness (QED) is 0.523. The van der Waals surface area contributed by atoms with Crippen molar-refractivity contribution in [1.29, 1.82) is 0 Å². The molecule has 2 aromatic carbocycles. The smallest absolute Gasteiger partial charge is 0.220 e. The molecule has 0 unspecified atom stereocenters. The fourth-order valence-electron chi connectivity index (χ4n) is 3.95. The number of hydrogen-bond donors (Lipinski definition) is 2. The van der Waals surface area contributed by atoms with Crippen LogP contribution in [0.25, 0.3) is 10.9 Å². The number of fused-ring (bicyclic) bond motifs is 1. The van der Waals surface area contributed by atoms with Gasteiger partial charge in [-0.05, 0) is 55.2 Å². The summed E-state index contributed by atoms with van der Waals surface area (Å²) in [5.41, 5.74) is 1.89. The van der Waals surface area contributed by atoms with Crippen molar-refractivity contribution in [1.82, 2.24) is 15.3 Å². The van der Waals surface area contributed by atoms with Gasteiger partial charge in [0.2, 0.25) is 5.91 Å². The van der Waals surface area contributed by atoms with Gasteiger partial charge < -0.3 is 15.4 Å². The van der Waals surface area contributed by atoms with E-state index in [9.17, 15) is 4.79 Å². The predicted octanol–water partition coefficient (Wildman–Crippen LogP) is 4.90. The molecule has 2 N–H and O–H groups in total. The van der Waals surface area contributed by atoms with E-state index in [1.165, 1.54) is 12.8 Å². The lowest BCUT2D eigenvalue weighted by atomic mass is 10.1. The predicted molar refractivity (Wildman–Crippen MR) is 124 cm³/mol. The number of nitrogens with one attached hydrogen (secondary N) is 2. The number of aryl methyl sites for hydroxylation is 1. The van der Waals surface area contributed by atoms with Gasteiger partial charge in [-0.2, -0.15) is 0 Å². The molecule has 7 heteroatoms. The normalized spacial score (nSPS) is 14.0. The second kappa shape index (κ2) is 9.96. The molecule has 1 aliphatic rings. The molecule has 31 heavy (non-hydrogen) atoms. The maximum Gasteiger partial charge on any atom is 0.220 e. The van der Waals surface area contributed by atoms with E-state index in [0.29, 0.717) is 29.7 Å². The number of aromatic nitrogens is 2. The minimum atomic E-state index is -0.0343. The molecule has 3 aromatic rings. The lowest BCUT2D eigenvalue weighted by Crippen LogP contribution is -2.25. The Balaban J connectivity index is 1.42. The fraction of sp³-hybridized carbons (Fsp3) is 0.375. The molecule has 0 spiro atoms. The van der Waals surface area contributed by atoms with Crippen LogP contribution in [0.4, 0.5) is 5.82 Å². The first-order valence-electron chi connectivity index (χ1n) is 10.7. The summed E-state index contributed by atoms with van der Waals surface area (Å²) in [7, 11) is 1.64. The van der Waals surface area contributed by atoms with Crippen molar-refractivity contribution in [3.63, 3.8) is 0 Å². The zero-order valence-corrected chi connectivity index (χ0v) is 18.4. The third-order valence-corrected chi connectivity index (χ3v) is 5.85. The van der Waals surface area contributed by atoms with Crippen LogP contribution in [0.5, 0.6) is 5.75 Å². The number of amides is 1. The summed E-state index contributed by atoms with van der Waals surface area (Å²) in [5.74, 6) is 2.14. The highest BCUT2D eigenvalue weighted by Crippen LogP contribution is 2.28. The van der Waals surface area contributed by atoms with Crippen molar-refractivity contribution >= 4 is 34.2 Å². The number of benzene rings is 2. The first-order valence-corrected chi connectivity index (χ1v) is 11.1. The highest BCUT2D eigenvalue weighted by atomic mass is 35.5. The second-order valence-corrected chi connectivity index (χ2v) is 8.34. The number of carbonyl (C=O) groups is 1. The number of ether oxygens (including phenoxy) is 1. The molecular weight excluding hydrogens is 412 g/mol. The van der Waals surface area contributed by atoms with Crippen LogP contribution in [-0.2, 0) is 17.8 Å². The molecule has 0 atom stereocenters. The van der Waals surface area contributed by atoms with Gasteiger partial charge in [0.05, 0.1) is 19.2 Å². The lowest BCUT2D eigenvalue weighted by Gasteiger charge is -2.16. The Morgan fingerprint density at radius 3 is 2.81 bits per heavy atom. The van der Waals surface area contributed by atoms with Gasteiger partial charge in [0.15, 0.2) is 5.82 Å². The maximum atomic E-state index is 12.4. The van der Waals surface area contributed by atoms with Gasteiger partial charge >= 0.3 is 0 Å². The molecule has 4 rings (SSSR count). The van der Waals surface area contributed by atoms with Gasteiger partial charge in [-0.1, -0.05) is 36.6 Å². The third-order valence-electron chi connectivity index (χ3n) is 5.62. The van der Waals surface area contributed by atoms with Gasteiger partial charge in [-0.15, -0.1) is 0 Å². The van der Waals surface area contributed by atoms with Crippen molar-refractivity contribution in [2.24, 2.45) is 0 Å². The van der Waals surface area contributed by atoms with Crippen LogP contribution in [0.2, 0.25) is 5.02 Å². The van der Waals surface area contributed by atoms with E-state index >= 15 is 0 Å². The number of anilines is 1. The van der Waals surface area contributed by atoms with E-state index in [2.05, 4.69) is 15.6 Å². The van der Waals surface area contributed by atoms with Crippen molar-refractivity contribution in [2.75, 3.05) is 12.4 Å². The number of hydrogen-bond acceptors (Lipinski definition) is 5. The summed E-state index contributed by atoms with van der Waals surface area (Å²) in [6, 6.07) is 13.8. The van der Waals surface area contributed by atoms with Crippen LogP contribution in [0.15, 0.2) is 42.5 Å². The minimum Gasteiger partial charge on any atom is -0.497 e. The number of methoxy groups -OCH3 is 1. The molecule has 1 aliphatic carbocycles. The standard InChI is InChI=1S/C24H27ClN4O2/c1-31-19-8-4-5-16(13-19)9-12-23(30)26-15-22-28-21-11-10-17(25)14-20(21)24(29-22)27-18-6-2-3-7-18/h4-5,8,10-11,13-14,18H,2-3,6-7,9,12,15H2,1H3,(H,26,30)(H,27,28,29). The van der Waals surface area contributed by atoms with Gasteiger partial charge in [-0.25, -0.2) is 9.97 Å². The number of nitrogens with zero attached hydrogens (tertiary/aromatic N) is 2. The minimum absolute atomic E-state index is 0.0343. The van der Waals surface area contributed by atoms with Crippen LogP contribution in [0, 0.1) is 0 Å². The van der Waals surface area contributed by atoms with Crippen molar-refractivity contribution in [3.05, 3.63) is 58.9 Å². The molecule has 1 fully saturated rings. The van der Waals surface area contributed by atoms with Gasteiger partial charge in [-0.3, -0.25) is 4.79 Å². The van der Waals surface area contributed by atoms with E-state index in [0.717, 1.165) is 40.9 Å². The molecule has 1 aromatic heterocycles. The van der Waals surface area contributed by atoms with Crippen LogP contribution in [0.1, 0.15) is 43.5 Å². The van der Waals surface area contributed by atoms with Crippen LogP contribution < -0.4 is 15.4 Å². The highest BCUT2D eigenvalue weighted by molar-refractivity contribution is 6.31. The molecular formula is C24H27ClN4O2. The monoisotopic (exact) mass is 438 g/mol. The molecule has 6 nitrogen and oxygen atoms in total. The Bertz CT molecular complexity index is 1070. The average molecular weight is 439 g/mol. The maximum absolute atomic E-state index is 12.4. The van der Waals surface area contributed by atoms with E-state index in [4.69, 9.17) is 21.3 Å². The van der Waals surface area contributed by atoms with Gasteiger partial charge in [0.1, 0.15) is 11.6 Å². The summed E-state index contributed by atoms with van der Waals surface area (Å²) in [4.78, 5) is 21.7. The van der Waals surface area contributed by atoms with Crippen molar-refractivity contribution in [3.8, 4) is 5.75 Å². The molecule has 1 saturated carbocycles. The summed E-state index contributed by atoms with van der Waals surface area (Å²) in [6.45, 7) is 0.287. The first-order chi connectivity index (χ1) is 15.1. The van der Waals surface area contributed by atoms with Crippen LogP contribution in [-0.4, -0.2) is 29.0 Å². The highest BCUT2D eigenvalue weighted by Gasteiger charge is 2.17. The average Bonchev–Trinajstić information content (AvgIpc) is 3.30. The molecule has 1 amide bonds. The largest absolute Gasteiger partial charge is 0.497 e. The number of halogens is 1. The molecule has 0 saturated heterocycles. The zero-order chi connectivity index (χ0) is 21.6. The van der Waals surface area contributed by atoms with E-state index in [1.54, 1.807) is 7.11 Å². The van der Waals surface area contributed by atoms with Crippen molar-refractivity contribution < 1.29 is 9.53 Å². The molecule has 0 bridgehead atoms. The lowest BCUT2D eigenvalue weighted by molar-refractivity contribution is -0.121. The van der Waals surface area contributed by atoms with E-state index < -0.39 is 0 Å². The van der Waals surface area contributed by atoms with Gasteiger partial charge in [0.25, 0.3) is 0 Å². The van der Waals surface area contributed by atoms with Crippen LogP contribution in [0.3, 0.4) is 0 Å². The summed E-state index contributed by atoms with van der Waals surface area (Å²) < 4.78 is 5.24. The summed E-state index contributed by atoms with van der Waals surface area (Å²) in [5, 5.41) is 8.07. The fourth-order valence-corrected chi connectivity index (χ4v) is 4.13. The molecule has 162 valence electrons. The molecule has 0 aliphatic heterocycles. The zero-order valence-electron chi connectivity index (χ0n) is 17.7. The Hall–Kier alpha value is -2.86. The van der Waals surface area contributed by atoms with Gasteiger partial charge in [0, 0.05) is 22.9 Å². The third kappa shape index (κ3) is 5.64. The van der Waals surface area contributed by atoms with Crippen molar-refractivity contribution in [2.45, 2.75) is 51.1 Å². The Morgan fingerprint density at radius 1 is 1.16 bits per heavy atom. The Kier molecular flexibility index (Phi) is 6.87. The number of carbonyl (C=O) groups excluding carboxylic acids is 1. The van der Waals surface area contributed by atoms with E-state index in [-0.39, 0.29) is 12.5 Å². The summed E-state index contributed by atoms with van der Waals surface area (Å²) in [6.07, 6.45) is 5.79. The molecule has 0 radical (unpaired) electrons. The SMILES string of the molecule is COc1cccc(CCC(=O)NCc2nc(NC3CCCC3)c3cc(Cl)ccc3n2)c1. The van der Waals surface area contributed by atoms with E-state index in [1.807, 2.05) is 42.5 Å². The Labute approximate surface area is 187 Å². The molecule has 1 heterocycles. The number of rotatable bonds is 8. The van der Waals surface area contributed by atoms with Crippen LogP contribution >= 0.6 is 11.6 Å². The first kappa shape index (κ1) is 21.4. The Morgan fingerprint density at radius 2 is 2.00 bits per heavy atom. The topological polar surface area (TPSA) is 76.1 Å². The summed E-state index contributed by atoms with van der Waals surface area (Å²) >= 11 is 6.21.